The molecule has 9 nitrogen and oxygen atoms in total. The molecule has 1 aromatic carbocycles. The summed E-state index contributed by atoms with van der Waals surface area (Å²) in [5, 5.41) is 6.53. The van der Waals surface area contributed by atoms with Gasteiger partial charge in [-0.15, -0.1) is 11.3 Å². The van der Waals surface area contributed by atoms with Crippen molar-refractivity contribution in [3.63, 3.8) is 0 Å². The van der Waals surface area contributed by atoms with Gasteiger partial charge in [-0.25, -0.2) is 9.78 Å². The first kappa shape index (κ1) is 24.9. The van der Waals surface area contributed by atoms with E-state index in [1.165, 1.54) is 11.3 Å². The predicted molar refractivity (Wildman–Crippen MR) is 126 cm³/mol. The Kier molecular flexibility index (Phi) is 10.5. The van der Waals surface area contributed by atoms with E-state index in [4.69, 9.17) is 18.9 Å². The third-order valence-electron chi connectivity index (χ3n) is 3.53. The first-order valence-corrected chi connectivity index (χ1v) is 11.6. The normalized spacial score (nSPS) is 10.7. The number of halogens is 1. The van der Waals surface area contributed by atoms with Crippen molar-refractivity contribution in [3.05, 3.63) is 32.3 Å². The molecule has 168 valence electrons. The number of rotatable bonds is 12. The summed E-state index contributed by atoms with van der Waals surface area (Å²) in [7, 11) is 0. The van der Waals surface area contributed by atoms with Crippen LogP contribution in [0, 0.1) is 3.57 Å². The first-order chi connectivity index (χ1) is 15.0. The van der Waals surface area contributed by atoms with Crippen LogP contribution in [-0.4, -0.2) is 49.6 Å². The van der Waals surface area contributed by atoms with Crippen molar-refractivity contribution in [1.29, 1.82) is 0 Å². The smallest absolute Gasteiger partial charge is 0.344 e. The van der Waals surface area contributed by atoms with Crippen LogP contribution >= 0.6 is 33.9 Å². The Balaban J connectivity index is 2.04. The number of aromatic nitrogens is 1. The Labute approximate surface area is 198 Å². The highest BCUT2D eigenvalue weighted by atomic mass is 127. The van der Waals surface area contributed by atoms with E-state index >= 15 is 0 Å². The Morgan fingerprint density at radius 3 is 2.58 bits per heavy atom. The van der Waals surface area contributed by atoms with Crippen molar-refractivity contribution in [3.8, 4) is 11.5 Å². The lowest BCUT2D eigenvalue weighted by atomic mass is 10.2. The van der Waals surface area contributed by atoms with Gasteiger partial charge in [-0.3, -0.25) is 10.2 Å². The molecule has 0 bridgehead atoms. The van der Waals surface area contributed by atoms with Gasteiger partial charge in [0.1, 0.15) is 0 Å². The fourth-order valence-corrected chi connectivity index (χ4v) is 3.80. The van der Waals surface area contributed by atoms with E-state index in [0.29, 0.717) is 42.1 Å². The van der Waals surface area contributed by atoms with Crippen molar-refractivity contribution < 1.29 is 28.5 Å². The summed E-state index contributed by atoms with van der Waals surface area (Å²) in [6.45, 7) is 6.24. The van der Waals surface area contributed by atoms with Gasteiger partial charge >= 0.3 is 11.9 Å². The van der Waals surface area contributed by atoms with Crippen LogP contribution in [0.4, 0.5) is 5.13 Å². The van der Waals surface area contributed by atoms with Gasteiger partial charge in [0.25, 0.3) is 0 Å². The summed E-state index contributed by atoms with van der Waals surface area (Å²) < 4.78 is 21.8. The molecule has 0 unspecified atom stereocenters. The molecule has 0 fully saturated rings. The minimum Gasteiger partial charge on any atom is -0.490 e. The number of anilines is 1. The van der Waals surface area contributed by atoms with Gasteiger partial charge in [-0.1, -0.05) is 0 Å². The van der Waals surface area contributed by atoms with E-state index in [-0.39, 0.29) is 19.0 Å². The topological polar surface area (TPSA) is 108 Å². The third kappa shape index (κ3) is 8.32. The average Bonchev–Trinajstić information content (AvgIpc) is 3.15. The van der Waals surface area contributed by atoms with Crippen molar-refractivity contribution >= 4 is 57.2 Å². The Morgan fingerprint density at radius 1 is 1.13 bits per heavy atom. The lowest BCUT2D eigenvalue weighted by molar-refractivity contribution is -0.145. The summed E-state index contributed by atoms with van der Waals surface area (Å²) in [6, 6.07) is 3.62. The quantitative estimate of drug-likeness (QED) is 0.181. The summed E-state index contributed by atoms with van der Waals surface area (Å²) in [5.41, 5.74) is 4.24. The molecule has 0 saturated carbocycles. The van der Waals surface area contributed by atoms with Crippen molar-refractivity contribution in [2.75, 3.05) is 31.9 Å². The summed E-state index contributed by atoms with van der Waals surface area (Å²) in [5.74, 6) is 0.225. The number of hydrazone groups is 1. The lowest BCUT2D eigenvalue weighted by Gasteiger charge is -2.14. The molecule has 0 aliphatic carbocycles. The van der Waals surface area contributed by atoms with Gasteiger partial charge in [0.2, 0.25) is 5.13 Å². The molecular formula is C20H24IN3O6S. The maximum Gasteiger partial charge on any atom is 0.344 e. The maximum absolute atomic E-state index is 11.6. The standard InChI is InChI=1S/C20H24IN3O6S/c1-4-27-16-8-13(7-15(21)19(16)30-11-18(26)29-6-3)10-22-24-20-23-14(12-31-20)9-17(25)28-5-2/h7-8,10,12H,4-6,9,11H2,1-3H3,(H,23,24). The van der Waals surface area contributed by atoms with Crippen LogP contribution in [0.2, 0.25) is 0 Å². The van der Waals surface area contributed by atoms with Gasteiger partial charge in [0.05, 0.1) is 41.7 Å². The molecule has 0 aliphatic heterocycles. The summed E-state index contributed by atoms with van der Waals surface area (Å²) in [4.78, 5) is 27.4. The fraction of sp³-hybridized carbons (Fsp3) is 0.400. The van der Waals surface area contributed by atoms with Gasteiger partial charge in [0.15, 0.2) is 18.1 Å². The predicted octanol–water partition coefficient (Wildman–Crippen LogP) is 3.64. The molecular weight excluding hydrogens is 537 g/mol. The van der Waals surface area contributed by atoms with Crippen LogP contribution < -0.4 is 14.9 Å². The zero-order valence-electron chi connectivity index (χ0n) is 17.5. The number of nitrogens with zero attached hydrogens (tertiary/aromatic N) is 2. The molecule has 1 heterocycles. The van der Waals surface area contributed by atoms with Crippen LogP contribution in [0.1, 0.15) is 32.0 Å². The molecule has 2 rings (SSSR count). The lowest BCUT2D eigenvalue weighted by Crippen LogP contribution is -2.15. The number of carbonyl (C=O) groups is 2. The highest BCUT2D eigenvalue weighted by Crippen LogP contribution is 2.34. The molecule has 0 saturated heterocycles. The number of hydrogen-bond acceptors (Lipinski definition) is 10. The van der Waals surface area contributed by atoms with Crippen LogP contribution in [-0.2, 0) is 25.5 Å². The minimum atomic E-state index is -0.443. The van der Waals surface area contributed by atoms with Gasteiger partial charge in [-0.05, 0) is 61.1 Å². The van der Waals surface area contributed by atoms with Crippen molar-refractivity contribution in [2.24, 2.45) is 5.10 Å². The van der Waals surface area contributed by atoms with Gasteiger partial charge in [-0.2, -0.15) is 5.10 Å². The van der Waals surface area contributed by atoms with Crippen LogP contribution in [0.5, 0.6) is 11.5 Å². The van der Waals surface area contributed by atoms with Gasteiger partial charge < -0.3 is 18.9 Å². The fourth-order valence-electron chi connectivity index (χ4n) is 2.36. The molecule has 1 N–H and O–H groups in total. The largest absolute Gasteiger partial charge is 0.490 e. The number of esters is 2. The van der Waals surface area contributed by atoms with Crippen molar-refractivity contribution in [2.45, 2.75) is 27.2 Å². The molecule has 0 atom stereocenters. The van der Waals surface area contributed by atoms with E-state index < -0.39 is 5.97 Å². The Bertz CT molecular complexity index is 918. The zero-order valence-corrected chi connectivity index (χ0v) is 20.4. The number of ether oxygens (including phenoxy) is 4. The second-order valence-corrected chi connectivity index (χ2v) is 7.87. The zero-order chi connectivity index (χ0) is 22.6. The van der Waals surface area contributed by atoms with E-state index in [2.05, 4.69) is 38.1 Å². The van der Waals surface area contributed by atoms with E-state index in [0.717, 1.165) is 9.13 Å². The molecule has 0 aliphatic rings. The first-order valence-electron chi connectivity index (χ1n) is 9.60. The SMILES string of the molecule is CCOC(=O)COc1c(I)cc(C=NNc2nc(CC(=O)OCC)cs2)cc1OCC. The molecule has 11 heteroatoms. The number of hydrogen-bond donors (Lipinski definition) is 1. The number of carbonyl (C=O) groups excluding carboxylic acids is 2. The molecule has 2 aromatic rings. The monoisotopic (exact) mass is 561 g/mol. The number of benzene rings is 1. The molecule has 31 heavy (non-hydrogen) atoms. The maximum atomic E-state index is 11.6. The molecule has 1 aromatic heterocycles. The van der Waals surface area contributed by atoms with Gasteiger partial charge in [0, 0.05) is 5.38 Å². The summed E-state index contributed by atoms with van der Waals surface area (Å²) >= 11 is 3.45. The number of thiazole rings is 1. The Morgan fingerprint density at radius 2 is 1.87 bits per heavy atom. The second kappa shape index (κ2) is 13.1. The highest BCUT2D eigenvalue weighted by Gasteiger charge is 2.14. The highest BCUT2D eigenvalue weighted by molar-refractivity contribution is 14.1. The number of nitrogens with one attached hydrogen (secondary N) is 1. The van der Waals surface area contributed by atoms with Crippen LogP contribution in [0.25, 0.3) is 0 Å². The molecule has 0 radical (unpaired) electrons. The average molecular weight is 561 g/mol. The summed E-state index contributed by atoms with van der Waals surface area (Å²) in [6.07, 6.45) is 1.74. The molecule has 0 spiro atoms. The van der Waals surface area contributed by atoms with Crippen molar-refractivity contribution in [1.82, 2.24) is 4.98 Å². The van der Waals surface area contributed by atoms with E-state index in [9.17, 15) is 9.59 Å². The van der Waals surface area contributed by atoms with Crippen LogP contribution in [0.3, 0.4) is 0 Å². The molecule has 0 amide bonds. The minimum absolute atomic E-state index is 0.124. The second-order valence-electron chi connectivity index (χ2n) is 5.85. The van der Waals surface area contributed by atoms with E-state index in [1.54, 1.807) is 31.5 Å². The third-order valence-corrected chi connectivity index (χ3v) is 5.12. The van der Waals surface area contributed by atoms with Crippen LogP contribution in [0.15, 0.2) is 22.6 Å². The van der Waals surface area contributed by atoms with E-state index in [1.807, 2.05) is 13.0 Å². The Hall–Kier alpha value is -2.41.